The Bertz CT molecular complexity index is 1440. The lowest BCUT2D eigenvalue weighted by molar-refractivity contribution is -0.0875. The van der Waals surface area contributed by atoms with Gasteiger partial charge in [-0.15, -0.1) is 0 Å². The van der Waals surface area contributed by atoms with Crippen molar-refractivity contribution in [1.82, 2.24) is 0 Å². The summed E-state index contributed by atoms with van der Waals surface area (Å²) in [4.78, 5) is 0. The largest absolute Gasteiger partial charge is 0.493 e. The van der Waals surface area contributed by atoms with Crippen molar-refractivity contribution >= 4 is 0 Å². The highest BCUT2D eigenvalue weighted by atomic mass is 16.5. The van der Waals surface area contributed by atoms with Gasteiger partial charge in [-0.2, -0.15) is 0 Å². The Morgan fingerprint density at radius 2 is 1.29 bits per heavy atom. The third-order valence-electron chi connectivity index (χ3n) is 7.84. The Morgan fingerprint density at radius 3 is 1.85 bits per heavy atom. The molecule has 4 aromatic rings. The zero-order valence-corrected chi connectivity index (χ0v) is 23.3. The number of methoxy groups -OCH3 is 2. The Morgan fingerprint density at radius 1 is 0.707 bits per heavy atom. The minimum Gasteiger partial charge on any atom is -0.493 e. The predicted octanol–water partition coefficient (Wildman–Crippen LogP) is 4.88. The van der Waals surface area contributed by atoms with Crippen molar-refractivity contribution in [2.24, 2.45) is 5.92 Å². The SMILES string of the molecule is COc1cc([C@H]2c3cc(OCc4ccccc4)c(OC)cc3C[C@@](O)(CO)[C@@H]2CO)ccc1OCc1ccccc1. The summed E-state index contributed by atoms with van der Waals surface area (Å²) in [6, 6.07) is 29.1. The molecule has 0 spiro atoms. The van der Waals surface area contributed by atoms with E-state index < -0.39 is 24.0 Å². The van der Waals surface area contributed by atoms with E-state index in [0.29, 0.717) is 36.2 Å². The normalized spacial score (nSPS) is 19.7. The molecule has 0 fully saturated rings. The molecule has 0 aliphatic heterocycles. The van der Waals surface area contributed by atoms with E-state index in [0.717, 1.165) is 27.8 Å². The van der Waals surface area contributed by atoms with Crippen LogP contribution in [0.2, 0.25) is 0 Å². The summed E-state index contributed by atoms with van der Waals surface area (Å²) in [5.74, 6) is 1.04. The fourth-order valence-electron chi connectivity index (χ4n) is 5.65. The molecule has 4 aromatic carbocycles. The van der Waals surface area contributed by atoms with Crippen LogP contribution in [0.1, 0.15) is 33.7 Å². The van der Waals surface area contributed by atoms with Gasteiger partial charge < -0.3 is 34.3 Å². The zero-order valence-electron chi connectivity index (χ0n) is 23.3. The molecule has 0 amide bonds. The molecule has 41 heavy (non-hydrogen) atoms. The van der Waals surface area contributed by atoms with Crippen molar-refractivity contribution in [2.75, 3.05) is 27.4 Å². The molecule has 7 heteroatoms. The second-order valence-corrected chi connectivity index (χ2v) is 10.4. The first-order valence-corrected chi connectivity index (χ1v) is 13.7. The maximum atomic E-state index is 11.6. The average molecular weight is 557 g/mol. The van der Waals surface area contributed by atoms with Gasteiger partial charge in [0.1, 0.15) is 13.2 Å². The lowest BCUT2D eigenvalue weighted by Crippen LogP contribution is -2.51. The van der Waals surface area contributed by atoms with Crippen LogP contribution in [-0.4, -0.2) is 48.4 Å². The van der Waals surface area contributed by atoms with Crippen LogP contribution in [0.15, 0.2) is 91.0 Å². The Kier molecular flexibility index (Phi) is 8.78. The minimum absolute atomic E-state index is 0.158. The van der Waals surface area contributed by atoms with Crippen LogP contribution < -0.4 is 18.9 Å². The molecular weight excluding hydrogens is 520 g/mol. The molecule has 0 radical (unpaired) electrons. The smallest absolute Gasteiger partial charge is 0.161 e. The molecule has 0 unspecified atom stereocenters. The van der Waals surface area contributed by atoms with E-state index >= 15 is 0 Å². The predicted molar refractivity (Wildman–Crippen MR) is 156 cm³/mol. The average Bonchev–Trinajstić information content (AvgIpc) is 3.02. The summed E-state index contributed by atoms with van der Waals surface area (Å²) in [6.45, 7) is -0.0969. The third-order valence-corrected chi connectivity index (χ3v) is 7.84. The van der Waals surface area contributed by atoms with E-state index in [9.17, 15) is 15.3 Å². The Balaban J connectivity index is 1.54. The van der Waals surface area contributed by atoms with E-state index in [2.05, 4.69) is 0 Å². The summed E-state index contributed by atoms with van der Waals surface area (Å²) >= 11 is 0. The lowest BCUT2D eigenvalue weighted by Gasteiger charge is -2.44. The van der Waals surface area contributed by atoms with E-state index in [-0.39, 0.29) is 13.0 Å². The summed E-state index contributed by atoms with van der Waals surface area (Å²) in [6.07, 6.45) is 0.158. The number of ether oxygens (including phenoxy) is 4. The molecule has 3 N–H and O–H groups in total. The number of aliphatic hydroxyl groups excluding tert-OH is 2. The highest BCUT2D eigenvalue weighted by Gasteiger charge is 2.47. The second kappa shape index (κ2) is 12.6. The van der Waals surface area contributed by atoms with Crippen LogP contribution in [0.4, 0.5) is 0 Å². The monoisotopic (exact) mass is 556 g/mol. The molecular formula is C34H36O7. The van der Waals surface area contributed by atoms with E-state index in [1.807, 2.05) is 91.0 Å². The first-order valence-electron chi connectivity index (χ1n) is 13.7. The van der Waals surface area contributed by atoms with Gasteiger partial charge in [0.2, 0.25) is 0 Å². The molecule has 0 aromatic heterocycles. The fraction of sp³-hybridized carbons (Fsp3) is 0.294. The van der Waals surface area contributed by atoms with Crippen LogP contribution in [0.25, 0.3) is 0 Å². The zero-order chi connectivity index (χ0) is 28.8. The maximum Gasteiger partial charge on any atom is 0.161 e. The summed E-state index contributed by atoms with van der Waals surface area (Å²) < 4.78 is 23.6. The molecule has 5 rings (SSSR count). The molecule has 0 saturated heterocycles. The van der Waals surface area contributed by atoms with Gasteiger partial charge in [0.05, 0.1) is 26.4 Å². The number of fused-ring (bicyclic) bond motifs is 1. The fourth-order valence-corrected chi connectivity index (χ4v) is 5.65. The number of benzene rings is 4. The highest BCUT2D eigenvalue weighted by molar-refractivity contribution is 5.55. The Labute approximate surface area is 240 Å². The number of hydrogen-bond acceptors (Lipinski definition) is 7. The van der Waals surface area contributed by atoms with Crippen molar-refractivity contribution in [2.45, 2.75) is 31.2 Å². The summed E-state index contributed by atoms with van der Waals surface area (Å²) in [7, 11) is 3.16. The van der Waals surface area contributed by atoms with Gasteiger partial charge >= 0.3 is 0 Å². The van der Waals surface area contributed by atoms with Crippen LogP contribution >= 0.6 is 0 Å². The number of aliphatic hydroxyl groups is 3. The quantitative estimate of drug-likeness (QED) is 0.242. The maximum absolute atomic E-state index is 11.6. The van der Waals surface area contributed by atoms with E-state index in [1.54, 1.807) is 14.2 Å². The van der Waals surface area contributed by atoms with Crippen molar-refractivity contribution in [1.29, 1.82) is 0 Å². The second-order valence-electron chi connectivity index (χ2n) is 10.4. The molecule has 0 bridgehead atoms. The first kappa shape index (κ1) is 28.5. The van der Waals surface area contributed by atoms with Gasteiger partial charge in [-0.1, -0.05) is 66.7 Å². The minimum atomic E-state index is -1.54. The van der Waals surface area contributed by atoms with Gasteiger partial charge in [-0.3, -0.25) is 0 Å². The highest BCUT2D eigenvalue weighted by Crippen LogP contribution is 2.49. The van der Waals surface area contributed by atoms with Crippen LogP contribution in [0, 0.1) is 5.92 Å². The van der Waals surface area contributed by atoms with Crippen molar-refractivity contribution < 1.29 is 34.3 Å². The van der Waals surface area contributed by atoms with Crippen molar-refractivity contribution in [3.05, 3.63) is 119 Å². The van der Waals surface area contributed by atoms with E-state index in [1.165, 1.54) is 0 Å². The van der Waals surface area contributed by atoms with Gasteiger partial charge in [-0.05, 0) is 52.1 Å². The van der Waals surface area contributed by atoms with Crippen LogP contribution in [0.5, 0.6) is 23.0 Å². The molecule has 1 aliphatic rings. The molecule has 3 atom stereocenters. The molecule has 1 aliphatic carbocycles. The third kappa shape index (κ3) is 6.03. The first-order chi connectivity index (χ1) is 20.0. The van der Waals surface area contributed by atoms with E-state index in [4.69, 9.17) is 18.9 Å². The Hall–Kier alpha value is -4.04. The molecule has 0 heterocycles. The van der Waals surface area contributed by atoms with Crippen LogP contribution in [0.3, 0.4) is 0 Å². The van der Waals surface area contributed by atoms with Gasteiger partial charge in [0, 0.05) is 24.9 Å². The number of rotatable bonds is 11. The lowest BCUT2D eigenvalue weighted by atomic mass is 9.64. The number of hydrogen-bond donors (Lipinski definition) is 3. The van der Waals surface area contributed by atoms with Crippen LogP contribution in [-0.2, 0) is 19.6 Å². The van der Waals surface area contributed by atoms with Gasteiger partial charge in [0.25, 0.3) is 0 Å². The molecule has 0 saturated carbocycles. The summed E-state index contributed by atoms with van der Waals surface area (Å²) in [5.41, 5.74) is 3.00. The molecule has 214 valence electrons. The topological polar surface area (TPSA) is 97.6 Å². The van der Waals surface area contributed by atoms with Crippen molar-refractivity contribution in [3.63, 3.8) is 0 Å². The van der Waals surface area contributed by atoms with Gasteiger partial charge in [0.15, 0.2) is 23.0 Å². The summed E-state index contributed by atoms with van der Waals surface area (Å²) in [5, 5.41) is 32.4. The van der Waals surface area contributed by atoms with Crippen molar-refractivity contribution in [3.8, 4) is 23.0 Å². The standard InChI is InChI=1S/C34H36O7/c1-38-30-15-25(13-14-29(30)40-20-23-9-5-3-6-10-23)33-27-17-32(41-21-24-11-7-4-8-12-24)31(39-2)16-26(27)18-34(37,22-36)28(33)19-35/h3-17,28,33,35-37H,18-22H2,1-2H3/t28-,33+,34-/m1/s1. The van der Waals surface area contributed by atoms with Gasteiger partial charge in [-0.25, -0.2) is 0 Å². The molecule has 7 nitrogen and oxygen atoms in total.